The molecule has 1 saturated heterocycles. The van der Waals surface area contributed by atoms with E-state index in [0.29, 0.717) is 17.7 Å². The molecular formula is C19H24N4O3S. The number of hydrogen-bond acceptors (Lipinski definition) is 5. The number of hydrogen-bond donors (Lipinski definition) is 2. The number of nitrogens with zero attached hydrogens (tertiary/aromatic N) is 2. The molecule has 0 atom stereocenters. The van der Waals surface area contributed by atoms with Gasteiger partial charge in [0.25, 0.3) is 5.91 Å². The van der Waals surface area contributed by atoms with Crippen LogP contribution in [0.4, 0.5) is 5.82 Å². The van der Waals surface area contributed by atoms with Crippen molar-refractivity contribution in [3.05, 3.63) is 59.3 Å². The summed E-state index contributed by atoms with van der Waals surface area (Å²) >= 11 is 0. The van der Waals surface area contributed by atoms with Crippen molar-refractivity contribution in [3.63, 3.8) is 0 Å². The second-order valence-electron chi connectivity index (χ2n) is 6.53. The molecule has 0 spiro atoms. The molecule has 7 nitrogen and oxygen atoms in total. The van der Waals surface area contributed by atoms with Gasteiger partial charge in [-0.05, 0) is 43.1 Å². The van der Waals surface area contributed by atoms with E-state index in [1.54, 1.807) is 30.5 Å². The van der Waals surface area contributed by atoms with Gasteiger partial charge in [0.05, 0.1) is 11.3 Å². The highest BCUT2D eigenvalue weighted by molar-refractivity contribution is 7.88. The van der Waals surface area contributed by atoms with Crippen molar-refractivity contribution >= 4 is 21.7 Å². The van der Waals surface area contributed by atoms with Crippen LogP contribution in [0.1, 0.15) is 34.3 Å². The van der Waals surface area contributed by atoms with E-state index in [1.807, 2.05) is 12.1 Å². The second kappa shape index (κ2) is 8.49. The zero-order valence-corrected chi connectivity index (χ0v) is 16.1. The van der Waals surface area contributed by atoms with Crippen LogP contribution in [0.2, 0.25) is 0 Å². The van der Waals surface area contributed by atoms with E-state index in [-0.39, 0.29) is 11.7 Å². The minimum Gasteiger partial charge on any atom is -0.356 e. The third-order valence-corrected chi connectivity index (χ3v) is 5.92. The van der Waals surface area contributed by atoms with Gasteiger partial charge >= 0.3 is 0 Å². The number of carbonyl (C=O) groups is 1. The second-order valence-corrected chi connectivity index (χ2v) is 8.46. The molecule has 1 aromatic heterocycles. The molecule has 1 aliphatic rings. The molecule has 144 valence electrons. The number of benzene rings is 1. The topological polar surface area (TPSA) is 91.4 Å². The number of pyridine rings is 1. The highest BCUT2D eigenvalue weighted by atomic mass is 32.2. The van der Waals surface area contributed by atoms with Crippen molar-refractivity contribution < 1.29 is 13.2 Å². The van der Waals surface area contributed by atoms with Gasteiger partial charge in [-0.2, -0.15) is 0 Å². The third-order valence-electron chi connectivity index (χ3n) is 4.58. The largest absolute Gasteiger partial charge is 0.356 e. The van der Waals surface area contributed by atoms with Crippen LogP contribution < -0.4 is 14.9 Å². The third kappa shape index (κ3) is 5.05. The summed E-state index contributed by atoms with van der Waals surface area (Å²) in [7, 11) is -1.89. The molecule has 1 fully saturated rings. The van der Waals surface area contributed by atoms with Crippen molar-refractivity contribution in [2.45, 2.75) is 25.1 Å². The van der Waals surface area contributed by atoms with Crippen LogP contribution in [0.3, 0.4) is 0 Å². The maximum atomic E-state index is 12.6. The lowest BCUT2D eigenvalue weighted by Gasteiger charge is -2.19. The van der Waals surface area contributed by atoms with Crippen LogP contribution in [-0.4, -0.2) is 39.4 Å². The van der Waals surface area contributed by atoms with Crippen molar-refractivity contribution in [2.24, 2.45) is 0 Å². The summed E-state index contributed by atoms with van der Waals surface area (Å²) in [6.45, 7) is 2.22. The Morgan fingerprint density at radius 2 is 1.78 bits per heavy atom. The Balaban J connectivity index is 1.63. The predicted octanol–water partition coefficient (Wildman–Crippen LogP) is 1.66. The smallest absolute Gasteiger partial charge is 0.255 e. The number of sulfonamides is 1. The number of aromatic nitrogens is 1. The van der Waals surface area contributed by atoms with Crippen LogP contribution in [-0.2, 0) is 22.3 Å². The maximum absolute atomic E-state index is 12.6. The number of nitrogens with one attached hydrogen (secondary N) is 2. The zero-order valence-electron chi connectivity index (χ0n) is 15.3. The van der Waals surface area contributed by atoms with E-state index >= 15 is 0 Å². The molecule has 2 N–H and O–H groups in total. The average molecular weight is 388 g/mol. The Morgan fingerprint density at radius 1 is 1.11 bits per heavy atom. The quantitative estimate of drug-likeness (QED) is 0.753. The highest BCUT2D eigenvalue weighted by Gasteiger charge is 2.20. The van der Waals surface area contributed by atoms with Gasteiger partial charge < -0.3 is 10.2 Å². The highest BCUT2D eigenvalue weighted by Crippen LogP contribution is 2.21. The van der Waals surface area contributed by atoms with Crippen LogP contribution in [0.5, 0.6) is 0 Å². The fourth-order valence-electron chi connectivity index (χ4n) is 3.08. The molecule has 0 radical (unpaired) electrons. The van der Waals surface area contributed by atoms with Gasteiger partial charge in [-0.1, -0.05) is 24.3 Å². The molecule has 2 heterocycles. The molecule has 0 saturated carbocycles. The van der Waals surface area contributed by atoms with E-state index < -0.39 is 10.0 Å². The van der Waals surface area contributed by atoms with E-state index in [4.69, 9.17) is 0 Å². The number of rotatable bonds is 7. The molecule has 0 bridgehead atoms. The molecule has 2 aromatic rings. The molecule has 27 heavy (non-hydrogen) atoms. The first-order valence-electron chi connectivity index (χ1n) is 8.96. The molecule has 0 aliphatic carbocycles. The average Bonchev–Trinajstić information content (AvgIpc) is 3.21. The van der Waals surface area contributed by atoms with E-state index in [0.717, 1.165) is 37.3 Å². The SMILES string of the molecule is CNS(=O)(=O)Cc1ccc(CNC(=O)c2cccnc2N2CCCC2)cc1. The lowest BCUT2D eigenvalue weighted by Crippen LogP contribution is -2.28. The van der Waals surface area contributed by atoms with Crippen molar-refractivity contribution in [1.29, 1.82) is 0 Å². The molecule has 1 aliphatic heterocycles. The lowest BCUT2D eigenvalue weighted by atomic mass is 10.1. The first kappa shape index (κ1) is 19.3. The fourth-order valence-corrected chi connectivity index (χ4v) is 3.85. The van der Waals surface area contributed by atoms with E-state index in [9.17, 15) is 13.2 Å². The normalized spacial score (nSPS) is 14.3. The molecule has 1 amide bonds. The number of carbonyl (C=O) groups excluding carboxylic acids is 1. The molecule has 0 unspecified atom stereocenters. The standard InChI is InChI=1S/C19H24N4O3S/c1-20-27(25,26)14-16-8-6-15(7-9-16)13-22-19(24)17-5-4-10-21-18(17)23-11-2-3-12-23/h4-10,20H,2-3,11-14H2,1H3,(H,22,24). The van der Waals surface area contributed by atoms with Gasteiger partial charge in [0.15, 0.2) is 0 Å². The predicted molar refractivity (Wildman–Crippen MR) is 105 cm³/mol. The minimum absolute atomic E-state index is 0.0645. The Morgan fingerprint density at radius 3 is 2.44 bits per heavy atom. The van der Waals surface area contributed by atoms with Crippen LogP contribution in [0.15, 0.2) is 42.6 Å². The lowest BCUT2D eigenvalue weighted by molar-refractivity contribution is 0.0951. The van der Waals surface area contributed by atoms with Gasteiger partial charge in [0, 0.05) is 25.8 Å². The Kier molecular flexibility index (Phi) is 6.08. The summed E-state index contributed by atoms with van der Waals surface area (Å²) < 4.78 is 25.5. The van der Waals surface area contributed by atoms with Crippen LogP contribution >= 0.6 is 0 Å². The molecule has 8 heteroatoms. The zero-order chi connectivity index (χ0) is 19.3. The van der Waals surface area contributed by atoms with Crippen molar-refractivity contribution in [1.82, 2.24) is 15.0 Å². The van der Waals surface area contributed by atoms with Gasteiger partial charge in [-0.3, -0.25) is 4.79 Å². The molecular weight excluding hydrogens is 364 g/mol. The summed E-state index contributed by atoms with van der Waals surface area (Å²) in [5.74, 6) is 0.511. The Hall–Kier alpha value is -2.45. The summed E-state index contributed by atoms with van der Waals surface area (Å²) in [5, 5.41) is 2.92. The van der Waals surface area contributed by atoms with Gasteiger partial charge in [0.1, 0.15) is 5.82 Å². The summed E-state index contributed by atoms with van der Waals surface area (Å²) in [6.07, 6.45) is 3.95. The maximum Gasteiger partial charge on any atom is 0.255 e. The molecule has 3 rings (SSSR count). The van der Waals surface area contributed by atoms with Gasteiger partial charge in [0.2, 0.25) is 10.0 Å². The Labute approximate surface area is 159 Å². The Bertz CT molecular complexity index is 891. The van der Waals surface area contributed by atoms with Crippen LogP contribution in [0, 0.1) is 0 Å². The summed E-state index contributed by atoms with van der Waals surface area (Å²) in [5.41, 5.74) is 2.18. The van der Waals surface area contributed by atoms with Crippen molar-refractivity contribution in [2.75, 3.05) is 25.0 Å². The fraction of sp³-hybridized carbons (Fsp3) is 0.368. The van der Waals surface area contributed by atoms with Crippen LogP contribution in [0.25, 0.3) is 0 Å². The first-order chi connectivity index (χ1) is 13.0. The van der Waals surface area contributed by atoms with Crippen molar-refractivity contribution in [3.8, 4) is 0 Å². The monoisotopic (exact) mass is 388 g/mol. The minimum atomic E-state index is -3.29. The van der Waals surface area contributed by atoms with Gasteiger partial charge in [-0.25, -0.2) is 18.1 Å². The summed E-state index contributed by atoms with van der Waals surface area (Å²) in [6, 6.07) is 10.7. The first-order valence-corrected chi connectivity index (χ1v) is 10.6. The van der Waals surface area contributed by atoms with E-state index in [2.05, 4.69) is 19.9 Å². The molecule has 1 aromatic carbocycles. The number of anilines is 1. The van der Waals surface area contributed by atoms with E-state index in [1.165, 1.54) is 7.05 Å². The summed E-state index contributed by atoms with van der Waals surface area (Å²) in [4.78, 5) is 19.2. The number of amides is 1. The van der Waals surface area contributed by atoms with Gasteiger partial charge in [-0.15, -0.1) is 0 Å².